The molecule has 0 aromatic heterocycles. The van der Waals surface area contributed by atoms with Gasteiger partial charge in [0, 0.05) is 44.7 Å². The molecule has 6 rings (SSSR count). The molecular formula is C41H67N3O6. The first kappa shape index (κ1) is 37.9. The SMILES string of the molecule is CC/C(=C(\C1CCC(O)CC1)C1CCC(OCCCOCCCNC2CCC3C(=O)N(C4CCC(=O)NC4=O)CC3C2)CC1)C1CCCCC1. The third-order valence-electron chi connectivity index (χ3n) is 13.4. The second-order valence-electron chi connectivity index (χ2n) is 16.6. The molecule has 2 saturated heterocycles. The summed E-state index contributed by atoms with van der Waals surface area (Å²) in [6, 6.07) is -0.0874. The van der Waals surface area contributed by atoms with Crippen LogP contribution in [-0.4, -0.2) is 84.9 Å². The zero-order valence-electron chi connectivity index (χ0n) is 31.0. The molecule has 282 valence electrons. The second kappa shape index (κ2) is 18.8. The van der Waals surface area contributed by atoms with Gasteiger partial charge in [0.2, 0.25) is 17.7 Å². The Labute approximate surface area is 301 Å². The van der Waals surface area contributed by atoms with E-state index in [1.807, 2.05) is 11.1 Å². The number of hydrogen-bond donors (Lipinski definition) is 3. The average Bonchev–Trinajstić information content (AvgIpc) is 3.45. The Hall–Kier alpha value is -1.81. The van der Waals surface area contributed by atoms with Crippen molar-refractivity contribution in [3.63, 3.8) is 0 Å². The van der Waals surface area contributed by atoms with Crippen LogP contribution in [-0.2, 0) is 23.9 Å². The molecule has 0 spiro atoms. The lowest BCUT2D eigenvalue weighted by Crippen LogP contribution is -2.53. The first-order chi connectivity index (χ1) is 24.4. The maximum atomic E-state index is 13.1. The van der Waals surface area contributed by atoms with Crippen LogP contribution in [0.15, 0.2) is 11.1 Å². The molecule has 4 atom stereocenters. The number of ether oxygens (including phenoxy) is 2. The molecule has 9 heteroatoms. The first-order valence-corrected chi connectivity index (χ1v) is 20.9. The fourth-order valence-corrected chi connectivity index (χ4v) is 10.8. The molecule has 2 heterocycles. The normalized spacial score (nSPS) is 34.8. The monoisotopic (exact) mass is 698 g/mol. The number of nitrogens with one attached hydrogen (secondary N) is 2. The van der Waals surface area contributed by atoms with Gasteiger partial charge in [-0.2, -0.15) is 0 Å². The van der Waals surface area contributed by atoms with Crippen LogP contribution in [0.3, 0.4) is 0 Å². The molecule has 3 N–H and O–H groups in total. The zero-order valence-corrected chi connectivity index (χ0v) is 31.0. The molecular weight excluding hydrogens is 630 g/mol. The molecule has 0 aromatic rings. The molecule has 6 aliphatic rings. The molecule has 0 radical (unpaired) electrons. The van der Waals surface area contributed by atoms with Crippen LogP contribution in [0, 0.1) is 29.6 Å². The summed E-state index contributed by atoms with van der Waals surface area (Å²) >= 11 is 0. The van der Waals surface area contributed by atoms with Gasteiger partial charge in [-0.15, -0.1) is 0 Å². The second-order valence-corrected chi connectivity index (χ2v) is 16.6. The molecule has 4 aliphatic carbocycles. The number of nitrogens with zero attached hydrogens (tertiary/aromatic N) is 1. The Morgan fingerprint density at radius 2 is 1.54 bits per heavy atom. The van der Waals surface area contributed by atoms with Gasteiger partial charge >= 0.3 is 0 Å². The summed E-state index contributed by atoms with van der Waals surface area (Å²) in [7, 11) is 0. The smallest absolute Gasteiger partial charge is 0.249 e. The number of carbonyl (C=O) groups is 3. The number of aliphatic hydroxyl groups excluding tert-OH is 1. The lowest BCUT2D eigenvalue weighted by molar-refractivity contribution is -0.144. The van der Waals surface area contributed by atoms with Crippen LogP contribution < -0.4 is 10.6 Å². The van der Waals surface area contributed by atoms with Crippen molar-refractivity contribution in [2.45, 2.75) is 166 Å². The highest BCUT2D eigenvalue weighted by atomic mass is 16.5. The minimum absolute atomic E-state index is 0.0194. The van der Waals surface area contributed by atoms with E-state index in [1.165, 1.54) is 77.0 Å². The maximum absolute atomic E-state index is 13.1. The van der Waals surface area contributed by atoms with E-state index in [-0.39, 0.29) is 35.7 Å². The number of hydrogen-bond acceptors (Lipinski definition) is 7. The van der Waals surface area contributed by atoms with E-state index in [0.717, 1.165) is 77.2 Å². The van der Waals surface area contributed by atoms with Crippen LogP contribution in [0.2, 0.25) is 0 Å². The Balaban J connectivity index is 0.832. The topological polar surface area (TPSA) is 117 Å². The Kier molecular flexibility index (Phi) is 14.3. The summed E-state index contributed by atoms with van der Waals surface area (Å²) in [6.07, 6.45) is 23.1. The third-order valence-corrected chi connectivity index (χ3v) is 13.4. The van der Waals surface area contributed by atoms with Gasteiger partial charge in [0.1, 0.15) is 6.04 Å². The van der Waals surface area contributed by atoms with Gasteiger partial charge in [0.25, 0.3) is 0 Å². The predicted octanol–water partition coefficient (Wildman–Crippen LogP) is 6.22. The number of fused-ring (bicyclic) bond motifs is 1. The van der Waals surface area contributed by atoms with Crippen molar-refractivity contribution in [3.8, 4) is 0 Å². The lowest BCUT2D eigenvalue weighted by atomic mass is 9.68. The number of rotatable bonds is 15. The Morgan fingerprint density at radius 3 is 2.26 bits per heavy atom. The number of piperidine rings is 1. The number of carbonyl (C=O) groups excluding carboxylic acids is 3. The lowest BCUT2D eigenvalue weighted by Gasteiger charge is -2.39. The summed E-state index contributed by atoms with van der Waals surface area (Å²) in [5.41, 5.74) is 3.66. The van der Waals surface area contributed by atoms with Gasteiger partial charge in [-0.25, -0.2) is 0 Å². The molecule has 50 heavy (non-hydrogen) atoms. The molecule has 2 aliphatic heterocycles. The van der Waals surface area contributed by atoms with E-state index < -0.39 is 6.04 Å². The van der Waals surface area contributed by atoms with Crippen molar-refractivity contribution in [1.82, 2.24) is 15.5 Å². The van der Waals surface area contributed by atoms with Gasteiger partial charge in [0.05, 0.1) is 12.2 Å². The minimum Gasteiger partial charge on any atom is -0.393 e. The van der Waals surface area contributed by atoms with Crippen molar-refractivity contribution < 1.29 is 29.0 Å². The number of imide groups is 1. The average molecular weight is 698 g/mol. The summed E-state index contributed by atoms with van der Waals surface area (Å²) in [6.45, 7) is 6.20. The van der Waals surface area contributed by atoms with Gasteiger partial charge in [-0.05, 0) is 139 Å². The fraction of sp³-hybridized carbons (Fsp3) is 0.878. The van der Waals surface area contributed by atoms with Gasteiger partial charge in [0.15, 0.2) is 0 Å². The summed E-state index contributed by atoms with van der Waals surface area (Å²) in [4.78, 5) is 38.7. The molecule has 0 aromatic carbocycles. The number of aliphatic hydroxyl groups is 1. The molecule has 9 nitrogen and oxygen atoms in total. The maximum Gasteiger partial charge on any atom is 0.249 e. The van der Waals surface area contributed by atoms with Crippen LogP contribution in [0.1, 0.15) is 142 Å². The zero-order chi connectivity index (χ0) is 34.9. The minimum atomic E-state index is -0.488. The van der Waals surface area contributed by atoms with Crippen molar-refractivity contribution >= 4 is 17.7 Å². The standard InChI is InChI=1S/C41H67N3O6/c1-2-35(28-8-4-3-5-9-28)39(29-10-15-33(45)16-11-29)30-12-17-34(18-13-30)50-25-7-24-49-23-6-22-42-32-14-19-36-31(26-32)27-44(41(36)48)37-20-21-38(46)43-40(37)47/h28-34,36-37,42,45H,2-27H2,1H3,(H,43,46,47)/b39-35-. The quantitative estimate of drug-likeness (QED) is 0.106. The number of likely N-dealkylation sites (tertiary alicyclic amines) is 1. The summed E-state index contributed by atoms with van der Waals surface area (Å²) in [5.74, 6) is 2.07. The van der Waals surface area contributed by atoms with E-state index in [2.05, 4.69) is 17.6 Å². The van der Waals surface area contributed by atoms with Crippen molar-refractivity contribution in [3.05, 3.63) is 11.1 Å². The Bertz CT molecular complexity index is 1150. The predicted molar refractivity (Wildman–Crippen MR) is 194 cm³/mol. The highest BCUT2D eigenvalue weighted by molar-refractivity contribution is 6.02. The van der Waals surface area contributed by atoms with Gasteiger partial charge in [-0.1, -0.05) is 37.3 Å². The molecule has 4 unspecified atom stereocenters. The molecule has 4 saturated carbocycles. The van der Waals surface area contributed by atoms with Crippen LogP contribution in [0.5, 0.6) is 0 Å². The highest BCUT2D eigenvalue weighted by Gasteiger charge is 2.48. The van der Waals surface area contributed by atoms with E-state index in [4.69, 9.17) is 9.47 Å². The van der Waals surface area contributed by atoms with E-state index in [9.17, 15) is 19.5 Å². The van der Waals surface area contributed by atoms with Crippen molar-refractivity contribution in [2.24, 2.45) is 29.6 Å². The summed E-state index contributed by atoms with van der Waals surface area (Å²) in [5, 5.41) is 16.3. The number of allylic oxidation sites excluding steroid dienone is 2. The molecule has 3 amide bonds. The fourth-order valence-electron chi connectivity index (χ4n) is 10.8. The van der Waals surface area contributed by atoms with E-state index in [1.54, 1.807) is 4.90 Å². The summed E-state index contributed by atoms with van der Waals surface area (Å²) < 4.78 is 12.3. The van der Waals surface area contributed by atoms with Gasteiger partial charge in [-0.3, -0.25) is 19.7 Å². The highest BCUT2D eigenvalue weighted by Crippen LogP contribution is 2.46. The van der Waals surface area contributed by atoms with E-state index in [0.29, 0.717) is 43.4 Å². The van der Waals surface area contributed by atoms with Crippen LogP contribution in [0.25, 0.3) is 0 Å². The Morgan fingerprint density at radius 1 is 0.820 bits per heavy atom. The van der Waals surface area contributed by atoms with Crippen LogP contribution in [0.4, 0.5) is 0 Å². The van der Waals surface area contributed by atoms with Crippen LogP contribution >= 0.6 is 0 Å². The van der Waals surface area contributed by atoms with Crippen molar-refractivity contribution in [1.29, 1.82) is 0 Å². The largest absolute Gasteiger partial charge is 0.393 e. The van der Waals surface area contributed by atoms with Gasteiger partial charge < -0.3 is 24.8 Å². The number of amides is 3. The third kappa shape index (κ3) is 9.78. The van der Waals surface area contributed by atoms with Crippen molar-refractivity contribution in [2.75, 3.05) is 32.9 Å². The molecule has 0 bridgehead atoms. The first-order valence-electron chi connectivity index (χ1n) is 20.9. The molecule has 6 fully saturated rings. The van der Waals surface area contributed by atoms with E-state index >= 15 is 0 Å².